The van der Waals surface area contributed by atoms with Gasteiger partial charge in [0.05, 0.1) is 12.2 Å². The molecule has 108 valence electrons. The van der Waals surface area contributed by atoms with E-state index >= 15 is 0 Å². The smallest absolute Gasteiger partial charge is 0.238 e. The SMILES string of the molecule is CN1CC(NCC(=O)Nc2ccccc2Br)CCC1=O. The fourth-order valence-corrected chi connectivity index (χ4v) is 2.56. The van der Waals surface area contributed by atoms with Gasteiger partial charge < -0.3 is 15.5 Å². The molecular formula is C14H18BrN3O2. The highest BCUT2D eigenvalue weighted by Gasteiger charge is 2.22. The molecule has 1 aromatic carbocycles. The van der Waals surface area contributed by atoms with Crippen LogP contribution in [0.1, 0.15) is 12.8 Å². The third-order valence-corrected chi connectivity index (χ3v) is 4.02. The zero-order chi connectivity index (χ0) is 14.5. The lowest BCUT2D eigenvalue weighted by atomic mass is 10.1. The van der Waals surface area contributed by atoms with Gasteiger partial charge in [-0.15, -0.1) is 0 Å². The number of hydrogen-bond acceptors (Lipinski definition) is 3. The van der Waals surface area contributed by atoms with Crippen molar-refractivity contribution in [3.8, 4) is 0 Å². The van der Waals surface area contributed by atoms with Crippen molar-refractivity contribution in [1.29, 1.82) is 0 Å². The van der Waals surface area contributed by atoms with Crippen molar-refractivity contribution in [2.75, 3.05) is 25.5 Å². The van der Waals surface area contributed by atoms with E-state index in [2.05, 4.69) is 26.6 Å². The van der Waals surface area contributed by atoms with Crippen molar-refractivity contribution >= 4 is 33.4 Å². The molecule has 0 saturated carbocycles. The van der Waals surface area contributed by atoms with Crippen molar-refractivity contribution in [3.05, 3.63) is 28.7 Å². The van der Waals surface area contributed by atoms with E-state index in [0.717, 1.165) is 16.6 Å². The number of para-hydroxylation sites is 1. The van der Waals surface area contributed by atoms with Crippen LogP contribution < -0.4 is 10.6 Å². The Balaban J connectivity index is 1.78. The minimum atomic E-state index is -0.0866. The Morgan fingerprint density at radius 1 is 1.45 bits per heavy atom. The second-order valence-corrected chi connectivity index (χ2v) is 5.77. The maximum Gasteiger partial charge on any atom is 0.238 e. The van der Waals surface area contributed by atoms with Crippen molar-refractivity contribution in [3.63, 3.8) is 0 Å². The number of benzene rings is 1. The molecule has 5 nitrogen and oxygen atoms in total. The molecule has 0 radical (unpaired) electrons. The maximum absolute atomic E-state index is 11.9. The Bertz CT molecular complexity index is 507. The highest BCUT2D eigenvalue weighted by Crippen LogP contribution is 2.20. The second kappa shape index (κ2) is 6.85. The van der Waals surface area contributed by atoms with E-state index in [1.54, 1.807) is 11.9 Å². The number of carbonyl (C=O) groups is 2. The Morgan fingerprint density at radius 3 is 2.90 bits per heavy atom. The molecule has 6 heteroatoms. The normalized spacial score (nSPS) is 19.0. The molecule has 0 spiro atoms. The molecule has 2 amide bonds. The van der Waals surface area contributed by atoms with E-state index in [0.29, 0.717) is 13.0 Å². The summed E-state index contributed by atoms with van der Waals surface area (Å²) in [6.45, 7) is 0.898. The maximum atomic E-state index is 11.9. The summed E-state index contributed by atoms with van der Waals surface area (Å²) in [7, 11) is 1.79. The Kier molecular flexibility index (Phi) is 5.14. The highest BCUT2D eigenvalue weighted by atomic mass is 79.9. The van der Waals surface area contributed by atoms with Crippen LogP contribution in [0, 0.1) is 0 Å². The molecule has 1 aliphatic heterocycles. The summed E-state index contributed by atoms with van der Waals surface area (Å²) >= 11 is 3.39. The fourth-order valence-electron chi connectivity index (χ4n) is 2.17. The van der Waals surface area contributed by atoms with Gasteiger partial charge in [0, 0.05) is 30.5 Å². The van der Waals surface area contributed by atoms with Gasteiger partial charge in [0.25, 0.3) is 0 Å². The minimum Gasteiger partial charge on any atom is -0.344 e. The molecule has 0 bridgehead atoms. The zero-order valence-electron chi connectivity index (χ0n) is 11.4. The summed E-state index contributed by atoms with van der Waals surface area (Å²) in [5.41, 5.74) is 0.759. The number of likely N-dealkylation sites (tertiary alicyclic amines) is 1. The topological polar surface area (TPSA) is 61.4 Å². The van der Waals surface area contributed by atoms with E-state index in [4.69, 9.17) is 0 Å². The number of amides is 2. The molecule has 20 heavy (non-hydrogen) atoms. The number of anilines is 1. The predicted octanol–water partition coefficient (Wildman–Crippen LogP) is 1.60. The lowest BCUT2D eigenvalue weighted by Crippen LogP contribution is -2.48. The Morgan fingerprint density at radius 2 is 2.20 bits per heavy atom. The molecule has 1 atom stereocenters. The third kappa shape index (κ3) is 4.05. The van der Waals surface area contributed by atoms with Crippen LogP contribution in [-0.2, 0) is 9.59 Å². The number of nitrogens with one attached hydrogen (secondary N) is 2. The van der Waals surface area contributed by atoms with Gasteiger partial charge in [-0.25, -0.2) is 0 Å². The fraction of sp³-hybridized carbons (Fsp3) is 0.429. The first kappa shape index (κ1) is 15.0. The van der Waals surface area contributed by atoms with Crippen LogP contribution in [-0.4, -0.2) is 42.9 Å². The summed E-state index contributed by atoms with van der Waals surface area (Å²) in [5, 5.41) is 6.03. The zero-order valence-corrected chi connectivity index (χ0v) is 12.9. The van der Waals surface area contributed by atoms with Gasteiger partial charge in [0.2, 0.25) is 11.8 Å². The van der Waals surface area contributed by atoms with E-state index in [1.807, 2.05) is 24.3 Å². The molecule has 1 unspecified atom stereocenters. The summed E-state index contributed by atoms with van der Waals surface area (Å²) in [5.74, 6) is 0.0807. The molecule has 1 saturated heterocycles. The van der Waals surface area contributed by atoms with Crippen LogP contribution in [0.5, 0.6) is 0 Å². The monoisotopic (exact) mass is 339 g/mol. The number of halogens is 1. The summed E-state index contributed by atoms with van der Waals surface area (Å²) in [4.78, 5) is 24.9. The first-order chi connectivity index (χ1) is 9.56. The lowest BCUT2D eigenvalue weighted by molar-refractivity contribution is -0.132. The second-order valence-electron chi connectivity index (χ2n) is 4.92. The molecule has 2 N–H and O–H groups in total. The molecule has 1 fully saturated rings. The van der Waals surface area contributed by atoms with E-state index in [-0.39, 0.29) is 24.4 Å². The van der Waals surface area contributed by atoms with Gasteiger partial charge in [-0.3, -0.25) is 9.59 Å². The van der Waals surface area contributed by atoms with Crippen LogP contribution >= 0.6 is 15.9 Å². The number of likely N-dealkylation sites (N-methyl/N-ethyl adjacent to an activating group) is 1. The number of carbonyl (C=O) groups excluding carboxylic acids is 2. The van der Waals surface area contributed by atoms with E-state index in [9.17, 15) is 9.59 Å². The van der Waals surface area contributed by atoms with Crippen LogP contribution in [0.3, 0.4) is 0 Å². The predicted molar refractivity (Wildman–Crippen MR) is 81.4 cm³/mol. The Hall–Kier alpha value is -1.40. The first-order valence-electron chi connectivity index (χ1n) is 6.58. The average molecular weight is 340 g/mol. The van der Waals surface area contributed by atoms with Crippen molar-refractivity contribution in [1.82, 2.24) is 10.2 Å². The molecule has 0 aliphatic carbocycles. The highest BCUT2D eigenvalue weighted by molar-refractivity contribution is 9.10. The van der Waals surface area contributed by atoms with Crippen molar-refractivity contribution in [2.24, 2.45) is 0 Å². The molecule has 0 aromatic heterocycles. The van der Waals surface area contributed by atoms with Crippen molar-refractivity contribution in [2.45, 2.75) is 18.9 Å². The third-order valence-electron chi connectivity index (χ3n) is 3.33. The number of rotatable bonds is 4. The lowest BCUT2D eigenvalue weighted by Gasteiger charge is -2.30. The van der Waals surface area contributed by atoms with Crippen LogP contribution in [0.15, 0.2) is 28.7 Å². The first-order valence-corrected chi connectivity index (χ1v) is 7.37. The van der Waals surface area contributed by atoms with Crippen LogP contribution in [0.2, 0.25) is 0 Å². The molecule has 1 aromatic rings. The standard InChI is InChI=1S/C14H18BrN3O2/c1-18-9-10(6-7-14(18)20)16-8-13(19)17-12-5-3-2-4-11(12)15/h2-5,10,16H,6-9H2,1H3,(H,17,19). The summed E-state index contributed by atoms with van der Waals surface area (Å²) in [6.07, 6.45) is 1.32. The molecule has 1 aliphatic rings. The summed E-state index contributed by atoms with van der Waals surface area (Å²) < 4.78 is 0.858. The van der Waals surface area contributed by atoms with Gasteiger partial charge in [-0.1, -0.05) is 12.1 Å². The number of hydrogen-bond donors (Lipinski definition) is 2. The van der Waals surface area contributed by atoms with Gasteiger partial charge >= 0.3 is 0 Å². The van der Waals surface area contributed by atoms with Crippen LogP contribution in [0.4, 0.5) is 5.69 Å². The van der Waals surface area contributed by atoms with Gasteiger partial charge in [-0.05, 0) is 34.5 Å². The largest absolute Gasteiger partial charge is 0.344 e. The van der Waals surface area contributed by atoms with E-state index < -0.39 is 0 Å². The molecule has 2 rings (SSSR count). The van der Waals surface area contributed by atoms with E-state index in [1.165, 1.54) is 0 Å². The molecular weight excluding hydrogens is 322 g/mol. The number of piperidine rings is 1. The molecule has 1 heterocycles. The average Bonchev–Trinajstić information content (AvgIpc) is 2.43. The quantitative estimate of drug-likeness (QED) is 0.875. The van der Waals surface area contributed by atoms with Gasteiger partial charge in [0.15, 0.2) is 0 Å². The van der Waals surface area contributed by atoms with Gasteiger partial charge in [-0.2, -0.15) is 0 Å². The van der Waals surface area contributed by atoms with Crippen LogP contribution in [0.25, 0.3) is 0 Å². The van der Waals surface area contributed by atoms with Crippen molar-refractivity contribution < 1.29 is 9.59 Å². The minimum absolute atomic E-state index is 0.0866. The number of nitrogens with zero attached hydrogens (tertiary/aromatic N) is 1. The Labute approximate surface area is 126 Å². The summed E-state index contributed by atoms with van der Waals surface area (Å²) in [6, 6.07) is 7.67. The van der Waals surface area contributed by atoms with Gasteiger partial charge in [0.1, 0.15) is 0 Å².